The van der Waals surface area contributed by atoms with Crippen LogP contribution in [-0.2, 0) is 16.0 Å². The first kappa shape index (κ1) is 13.9. The van der Waals surface area contributed by atoms with Crippen molar-refractivity contribution in [2.75, 3.05) is 25.2 Å². The number of methoxy groups -OCH3 is 1. The normalized spacial score (nSPS) is 21.0. The molecule has 0 aliphatic carbocycles. The van der Waals surface area contributed by atoms with Gasteiger partial charge >= 0.3 is 6.03 Å². The number of ether oxygens (including phenoxy) is 2. The molecule has 6 heteroatoms. The number of carbonyl (C=O) groups is 2. The Morgan fingerprint density at radius 1 is 1.43 bits per heavy atom. The third-order valence-corrected chi connectivity index (χ3v) is 3.78. The standard InChI is InChI=1S/C15H18N2O4/c1-20-9-7-11-14(18)17(15(19)16-11)12-6-2-4-10-5-3-8-21-13(10)12/h2,4,6,11H,3,5,7-9H2,1H3,(H,16,19). The zero-order chi connectivity index (χ0) is 14.8. The van der Waals surface area contributed by atoms with Crippen molar-refractivity contribution in [3.63, 3.8) is 0 Å². The van der Waals surface area contributed by atoms with Crippen molar-refractivity contribution in [1.82, 2.24) is 5.32 Å². The second kappa shape index (κ2) is 5.73. The molecule has 0 radical (unpaired) electrons. The Balaban J connectivity index is 1.90. The molecule has 2 aliphatic rings. The van der Waals surface area contributed by atoms with Crippen LogP contribution in [0.25, 0.3) is 0 Å². The molecule has 0 bridgehead atoms. The molecular weight excluding hydrogens is 272 g/mol. The van der Waals surface area contributed by atoms with Gasteiger partial charge in [0, 0.05) is 20.1 Å². The van der Waals surface area contributed by atoms with Crippen LogP contribution in [0.15, 0.2) is 18.2 Å². The second-order valence-electron chi connectivity index (χ2n) is 5.17. The molecule has 0 aromatic heterocycles. The lowest BCUT2D eigenvalue weighted by molar-refractivity contribution is -0.118. The third-order valence-electron chi connectivity index (χ3n) is 3.78. The number of amides is 3. The van der Waals surface area contributed by atoms with Gasteiger partial charge in [-0.15, -0.1) is 0 Å². The van der Waals surface area contributed by atoms with Gasteiger partial charge in [-0.3, -0.25) is 4.79 Å². The molecule has 21 heavy (non-hydrogen) atoms. The summed E-state index contributed by atoms with van der Waals surface area (Å²) in [6.07, 6.45) is 2.32. The maximum Gasteiger partial charge on any atom is 0.329 e. The van der Waals surface area contributed by atoms with E-state index in [0.29, 0.717) is 31.1 Å². The lowest BCUT2D eigenvalue weighted by Crippen LogP contribution is -2.32. The van der Waals surface area contributed by atoms with Gasteiger partial charge in [0.15, 0.2) is 0 Å². The molecule has 2 aliphatic heterocycles. The molecule has 0 spiro atoms. The van der Waals surface area contributed by atoms with E-state index in [1.165, 1.54) is 4.90 Å². The van der Waals surface area contributed by atoms with Crippen molar-refractivity contribution in [2.24, 2.45) is 0 Å². The number of para-hydroxylation sites is 1. The summed E-state index contributed by atoms with van der Waals surface area (Å²) in [5, 5.41) is 2.70. The number of hydrogen-bond donors (Lipinski definition) is 1. The van der Waals surface area contributed by atoms with Crippen molar-refractivity contribution >= 4 is 17.6 Å². The van der Waals surface area contributed by atoms with E-state index in [2.05, 4.69) is 5.32 Å². The molecule has 1 atom stereocenters. The fourth-order valence-electron chi connectivity index (χ4n) is 2.74. The van der Waals surface area contributed by atoms with E-state index in [1.54, 1.807) is 13.2 Å². The minimum absolute atomic E-state index is 0.250. The predicted octanol–water partition coefficient (Wildman–Crippen LogP) is 1.47. The average Bonchev–Trinajstić information content (AvgIpc) is 2.79. The molecule has 1 N–H and O–H groups in total. The van der Waals surface area contributed by atoms with Gasteiger partial charge in [0.05, 0.1) is 12.3 Å². The van der Waals surface area contributed by atoms with Crippen LogP contribution in [0.1, 0.15) is 18.4 Å². The van der Waals surface area contributed by atoms with Gasteiger partial charge in [-0.05, 0) is 24.5 Å². The third kappa shape index (κ3) is 2.47. The van der Waals surface area contributed by atoms with E-state index in [-0.39, 0.29) is 5.91 Å². The first-order chi connectivity index (χ1) is 10.2. The fourth-order valence-corrected chi connectivity index (χ4v) is 2.74. The lowest BCUT2D eigenvalue weighted by Gasteiger charge is -2.23. The number of carbonyl (C=O) groups excluding carboxylic acids is 2. The van der Waals surface area contributed by atoms with Crippen molar-refractivity contribution in [3.8, 4) is 5.75 Å². The van der Waals surface area contributed by atoms with Crippen LogP contribution < -0.4 is 15.0 Å². The highest BCUT2D eigenvalue weighted by atomic mass is 16.5. The predicted molar refractivity (Wildman–Crippen MR) is 76.6 cm³/mol. The molecule has 6 nitrogen and oxygen atoms in total. The Labute approximate surface area is 123 Å². The smallest absolute Gasteiger partial charge is 0.329 e. The molecule has 2 heterocycles. The lowest BCUT2D eigenvalue weighted by atomic mass is 10.0. The fraction of sp³-hybridized carbons (Fsp3) is 0.467. The molecule has 1 aromatic rings. The van der Waals surface area contributed by atoms with Crippen LogP contribution in [-0.4, -0.2) is 38.3 Å². The van der Waals surface area contributed by atoms with E-state index in [9.17, 15) is 9.59 Å². The van der Waals surface area contributed by atoms with E-state index < -0.39 is 12.1 Å². The van der Waals surface area contributed by atoms with E-state index >= 15 is 0 Å². The number of hydrogen-bond acceptors (Lipinski definition) is 4. The number of nitrogens with one attached hydrogen (secondary N) is 1. The maximum absolute atomic E-state index is 12.4. The van der Waals surface area contributed by atoms with Gasteiger partial charge in [0.25, 0.3) is 5.91 Å². The molecule has 1 unspecified atom stereocenters. The Bertz CT molecular complexity index is 573. The highest BCUT2D eigenvalue weighted by Gasteiger charge is 2.40. The summed E-state index contributed by atoms with van der Waals surface area (Å²) >= 11 is 0. The number of urea groups is 1. The Morgan fingerprint density at radius 2 is 2.29 bits per heavy atom. The monoisotopic (exact) mass is 290 g/mol. The zero-order valence-electron chi connectivity index (χ0n) is 11.9. The number of nitrogens with zero attached hydrogens (tertiary/aromatic N) is 1. The van der Waals surface area contributed by atoms with Crippen LogP contribution in [0.2, 0.25) is 0 Å². The first-order valence-electron chi connectivity index (χ1n) is 7.10. The SMILES string of the molecule is COCCC1NC(=O)N(c2cccc3c2OCCC3)C1=O. The van der Waals surface area contributed by atoms with Gasteiger partial charge in [-0.2, -0.15) is 0 Å². The molecular formula is C15H18N2O4. The molecule has 1 saturated heterocycles. The van der Waals surface area contributed by atoms with Crippen LogP contribution in [0.3, 0.4) is 0 Å². The minimum atomic E-state index is -0.531. The van der Waals surface area contributed by atoms with Crippen molar-refractivity contribution in [2.45, 2.75) is 25.3 Å². The van der Waals surface area contributed by atoms with Gasteiger partial charge < -0.3 is 14.8 Å². The average molecular weight is 290 g/mol. The minimum Gasteiger partial charge on any atom is -0.491 e. The summed E-state index contributed by atoms with van der Waals surface area (Å²) in [7, 11) is 1.57. The van der Waals surface area contributed by atoms with Gasteiger partial charge in [-0.25, -0.2) is 9.69 Å². The summed E-state index contributed by atoms with van der Waals surface area (Å²) in [5.74, 6) is 0.402. The molecule has 1 fully saturated rings. The quantitative estimate of drug-likeness (QED) is 0.853. The first-order valence-corrected chi connectivity index (χ1v) is 7.10. The topological polar surface area (TPSA) is 67.9 Å². The molecule has 3 amide bonds. The zero-order valence-corrected chi connectivity index (χ0v) is 11.9. The number of imide groups is 1. The summed E-state index contributed by atoms with van der Waals surface area (Å²) in [6.45, 7) is 1.04. The number of rotatable bonds is 4. The largest absolute Gasteiger partial charge is 0.491 e. The molecule has 3 rings (SSSR count). The summed E-state index contributed by atoms with van der Waals surface area (Å²) in [5.41, 5.74) is 1.58. The van der Waals surface area contributed by atoms with Crippen molar-refractivity contribution in [3.05, 3.63) is 23.8 Å². The number of fused-ring (bicyclic) bond motifs is 1. The van der Waals surface area contributed by atoms with Crippen LogP contribution in [0, 0.1) is 0 Å². The highest BCUT2D eigenvalue weighted by molar-refractivity contribution is 6.22. The van der Waals surface area contributed by atoms with Crippen molar-refractivity contribution in [1.29, 1.82) is 0 Å². The molecule has 1 aromatic carbocycles. The molecule has 0 saturated carbocycles. The summed E-state index contributed by atoms with van der Waals surface area (Å²) in [4.78, 5) is 25.8. The Hall–Kier alpha value is -2.08. The summed E-state index contributed by atoms with van der Waals surface area (Å²) < 4.78 is 10.7. The van der Waals surface area contributed by atoms with Crippen molar-refractivity contribution < 1.29 is 19.1 Å². The van der Waals surface area contributed by atoms with E-state index in [0.717, 1.165) is 18.4 Å². The van der Waals surface area contributed by atoms with Gasteiger partial charge in [0.1, 0.15) is 11.8 Å². The maximum atomic E-state index is 12.4. The van der Waals surface area contributed by atoms with Crippen LogP contribution in [0.4, 0.5) is 10.5 Å². The number of anilines is 1. The number of aryl methyl sites for hydroxylation is 1. The molecule has 112 valence electrons. The van der Waals surface area contributed by atoms with Crippen LogP contribution >= 0.6 is 0 Å². The Morgan fingerprint density at radius 3 is 3.10 bits per heavy atom. The second-order valence-corrected chi connectivity index (χ2v) is 5.17. The Kier molecular flexibility index (Phi) is 3.79. The van der Waals surface area contributed by atoms with Crippen LogP contribution in [0.5, 0.6) is 5.75 Å². The number of benzene rings is 1. The van der Waals surface area contributed by atoms with E-state index in [4.69, 9.17) is 9.47 Å². The van der Waals surface area contributed by atoms with Gasteiger partial charge in [-0.1, -0.05) is 12.1 Å². The summed E-state index contributed by atoms with van der Waals surface area (Å²) in [6, 6.07) is 4.64. The van der Waals surface area contributed by atoms with Gasteiger partial charge in [0.2, 0.25) is 0 Å². The highest BCUT2D eigenvalue weighted by Crippen LogP contribution is 2.37. The van der Waals surface area contributed by atoms with E-state index in [1.807, 2.05) is 12.1 Å².